The van der Waals surface area contributed by atoms with Crippen molar-refractivity contribution in [2.24, 2.45) is 5.41 Å². The molecule has 0 aromatic rings. The highest BCUT2D eigenvalue weighted by Crippen LogP contribution is 2.13. The van der Waals surface area contributed by atoms with Gasteiger partial charge in [0.25, 0.3) is 0 Å². The van der Waals surface area contributed by atoms with Crippen LogP contribution in [0.4, 0.5) is 0 Å². The molecule has 0 radical (unpaired) electrons. The van der Waals surface area contributed by atoms with Crippen LogP contribution in [0.25, 0.3) is 0 Å². The van der Waals surface area contributed by atoms with E-state index in [1.807, 2.05) is 13.8 Å². The normalized spacial score (nSPS) is 11.2. The van der Waals surface area contributed by atoms with E-state index in [4.69, 9.17) is 5.11 Å². The van der Waals surface area contributed by atoms with Crippen LogP contribution in [0.15, 0.2) is 0 Å². The summed E-state index contributed by atoms with van der Waals surface area (Å²) in [5.74, 6) is 0. The summed E-state index contributed by atoms with van der Waals surface area (Å²) >= 11 is 0. The minimum Gasteiger partial charge on any atom is -0.396 e. The summed E-state index contributed by atoms with van der Waals surface area (Å²) in [6, 6.07) is 0. The van der Waals surface area contributed by atoms with Gasteiger partial charge in [0.15, 0.2) is 0 Å². The van der Waals surface area contributed by atoms with Gasteiger partial charge >= 0.3 is 0 Å². The highest BCUT2D eigenvalue weighted by atomic mass is 16.3. The summed E-state index contributed by atoms with van der Waals surface area (Å²) < 4.78 is 0. The van der Waals surface area contributed by atoms with Gasteiger partial charge in [-0.25, -0.2) is 0 Å². The molecule has 0 saturated carbocycles. The number of nitrogens with zero attached hydrogens (tertiary/aromatic N) is 1. The fourth-order valence-electron chi connectivity index (χ4n) is 0.762. The predicted octanol–water partition coefficient (Wildman–Crippen LogP) is 0.0931. The van der Waals surface area contributed by atoms with E-state index in [1.165, 1.54) is 4.90 Å². The van der Waals surface area contributed by atoms with E-state index in [2.05, 4.69) is 0 Å². The SMILES string of the molecule is CN(C=O)CC(C)(C)CO. The van der Waals surface area contributed by atoms with Crippen LogP contribution in [0.5, 0.6) is 0 Å². The molecule has 0 fully saturated rings. The summed E-state index contributed by atoms with van der Waals surface area (Å²) in [6.45, 7) is 4.51. The zero-order chi connectivity index (χ0) is 8.20. The maximum Gasteiger partial charge on any atom is 0.209 e. The van der Waals surface area contributed by atoms with Crippen molar-refractivity contribution in [3.05, 3.63) is 0 Å². The van der Waals surface area contributed by atoms with Crippen LogP contribution in [0.2, 0.25) is 0 Å². The minimum atomic E-state index is -0.185. The van der Waals surface area contributed by atoms with E-state index < -0.39 is 0 Å². The molecule has 1 N–H and O–H groups in total. The summed E-state index contributed by atoms with van der Waals surface area (Å²) in [5.41, 5.74) is -0.185. The van der Waals surface area contributed by atoms with Crippen LogP contribution in [0.3, 0.4) is 0 Å². The Labute approximate surface area is 61.6 Å². The molecule has 0 saturated heterocycles. The van der Waals surface area contributed by atoms with Gasteiger partial charge in [-0.2, -0.15) is 0 Å². The highest BCUT2D eigenvalue weighted by molar-refractivity contribution is 5.46. The lowest BCUT2D eigenvalue weighted by atomic mass is 9.95. The van der Waals surface area contributed by atoms with Gasteiger partial charge < -0.3 is 10.0 Å². The van der Waals surface area contributed by atoms with Crippen molar-refractivity contribution in [1.82, 2.24) is 4.90 Å². The monoisotopic (exact) mass is 145 g/mol. The second kappa shape index (κ2) is 3.56. The summed E-state index contributed by atoms with van der Waals surface area (Å²) in [4.78, 5) is 11.7. The summed E-state index contributed by atoms with van der Waals surface area (Å²) in [5, 5.41) is 8.80. The van der Waals surface area contributed by atoms with Crippen LogP contribution in [0.1, 0.15) is 13.8 Å². The van der Waals surface area contributed by atoms with Crippen LogP contribution >= 0.6 is 0 Å². The lowest BCUT2D eigenvalue weighted by Crippen LogP contribution is -2.32. The lowest BCUT2D eigenvalue weighted by molar-refractivity contribution is -0.118. The van der Waals surface area contributed by atoms with E-state index in [9.17, 15) is 4.79 Å². The third kappa shape index (κ3) is 3.45. The second-order valence-corrected chi connectivity index (χ2v) is 3.34. The summed E-state index contributed by atoms with van der Waals surface area (Å²) in [7, 11) is 1.70. The topological polar surface area (TPSA) is 40.5 Å². The number of hydrogen-bond acceptors (Lipinski definition) is 2. The number of rotatable bonds is 4. The molecule has 0 unspecified atom stereocenters. The highest BCUT2D eigenvalue weighted by Gasteiger charge is 2.17. The van der Waals surface area contributed by atoms with E-state index in [0.717, 1.165) is 6.41 Å². The Hall–Kier alpha value is -0.570. The smallest absolute Gasteiger partial charge is 0.209 e. The van der Waals surface area contributed by atoms with Crippen LogP contribution < -0.4 is 0 Å². The Morgan fingerprint density at radius 3 is 2.40 bits per heavy atom. The summed E-state index contributed by atoms with van der Waals surface area (Å²) in [6.07, 6.45) is 0.761. The molecule has 3 heteroatoms. The fourth-order valence-corrected chi connectivity index (χ4v) is 0.762. The molecule has 0 aliphatic heterocycles. The van der Waals surface area contributed by atoms with Crippen LogP contribution in [0, 0.1) is 5.41 Å². The van der Waals surface area contributed by atoms with E-state index in [-0.39, 0.29) is 12.0 Å². The number of hydrogen-bond donors (Lipinski definition) is 1. The maximum atomic E-state index is 10.1. The first-order valence-corrected chi connectivity index (χ1v) is 3.28. The van der Waals surface area contributed by atoms with Crippen molar-refractivity contribution < 1.29 is 9.90 Å². The largest absolute Gasteiger partial charge is 0.396 e. The number of amides is 1. The van der Waals surface area contributed by atoms with Crippen molar-refractivity contribution in [2.75, 3.05) is 20.2 Å². The molecule has 0 rings (SSSR count). The van der Waals surface area contributed by atoms with Gasteiger partial charge in [0, 0.05) is 25.6 Å². The molecule has 60 valence electrons. The Morgan fingerprint density at radius 2 is 2.10 bits per heavy atom. The predicted molar refractivity (Wildman–Crippen MR) is 39.6 cm³/mol. The van der Waals surface area contributed by atoms with Gasteiger partial charge in [-0.3, -0.25) is 4.79 Å². The first-order valence-electron chi connectivity index (χ1n) is 3.28. The van der Waals surface area contributed by atoms with E-state index >= 15 is 0 Å². The van der Waals surface area contributed by atoms with Crippen molar-refractivity contribution in [3.8, 4) is 0 Å². The van der Waals surface area contributed by atoms with Gasteiger partial charge in [0.2, 0.25) is 6.41 Å². The van der Waals surface area contributed by atoms with Crippen molar-refractivity contribution in [2.45, 2.75) is 13.8 Å². The Balaban J connectivity index is 3.75. The van der Waals surface area contributed by atoms with Gasteiger partial charge in [-0.15, -0.1) is 0 Å². The molecular formula is C7H15NO2. The van der Waals surface area contributed by atoms with Crippen LogP contribution in [-0.4, -0.2) is 36.6 Å². The van der Waals surface area contributed by atoms with Gasteiger partial charge in [-0.05, 0) is 0 Å². The van der Waals surface area contributed by atoms with E-state index in [0.29, 0.717) is 6.54 Å². The molecule has 10 heavy (non-hydrogen) atoms. The van der Waals surface area contributed by atoms with Crippen molar-refractivity contribution >= 4 is 6.41 Å². The zero-order valence-electron chi connectivity index (χ0n) is 6.79. The third-order valence-electron chi connectivity index (χ3n) is 1.29. The minimum absolute atomic E-state index is 0.102. The second-order valence-electron chi connectivity index (χ2n) is 3.34. The van der Waals surface area contributed by atoms with Gasteiger partial charge in [0.1, 0.15) is 0 Å². The molecule has 0 aromatic carbocycles. The average molecular weight is 145 g/mol. The fraction of sp³-hybridized carbons (Fsp3) is 0.857. The van der Waals surface area contributed by atoms with Crippen molar-refractivity contribution in [3.63, 3.8) is 0 Å². The molecule has 0 spiro atoms. The zero-order valence-corrected chi connectivity index (χ0v) is 6.79. The standard InChI is InChI=1S/C7H15NO2/c1-7(2,5-9)4-8(3)6-10/h6,9H,4-5H2,1-3H3. The molecule has 0 bridgehead atoms. The number of carbonyl (C=O) groups excluding carboxylic acids is 1. The molecule has 0 aliphatic rings. The molecule has 0 heterocycles. The first kappa shape index (κ1) is 9.43. The Morgan fingerprint density at radius 1 is 1.60 bits per heavy atom. The van der Waals surface area contributed by atoms with E-state index in [1.54, 1.807) is 7.05 Å². The number of aliphatic hydroxyl groups excluding tert-OH is 1. The van der Waals surface area contributed by atoms with Crippen molar-refractivity contribution in [1.29, 1.82) is 0 Å². The molecule has 0 aromatic heterocycles. The lowest BCUT2D eigenvalue weighted by Gasteiger charge is -2.25. The molecule has 0 aliphatic carbocycles. The molecule has 0 atom stereocenters. The number of carbonyl (C=O) groups is 1. The number of aliphatic hydroxyl groups is 1. The van der Waals surface area contributed by atoms with Crippen LogP contribution in [-0.2, 0) is 4.79 Å². The Bertz CT molecular complexity index is 112. The average Bonchev–Trinajstić information content (AvgIpc) is 1.87. The maximum absolute atomic E-state index is 10.1. The molecule has 1 amide bonds. The van der Waals surface area contributed by atoms with Gasteiger partial charge in [0.05, 0.1) is 0 Å². The quantitative estimate of drug-likeness (QED) is 0.570. The molecular weight excluding hydrogens is 130 g/mol. The third-order valence-corrected chi connectivity index (χ3v) is 1.29. The molecule has 3 nitrogen and oxygen atoms in total. The van der Waals surface area contributed by atoms with Gasteiger partial charge in [-0.1, -0.05) is 13.8 Å². The Kier molecular flexibility index (Phi) is 3.36. The first-order chi connectivity index (χ1) is 4.52.